The van der Waals surface area contributed by atoms with Crippen molar-refractivity contribution in [1.29, 1.82) is 0 Å². The Bertz CT molecular complexity index is 439. The molecule has 0 saturated carbocycles. The number of aromatic nitrogens is 1. The maximum Gasteiger partial charge on any atom is 0.251 e. The molecule has 0 spiro atoms. The van der Waals surface area contributed by atoms with E-state index >= 15 is 0 Å². The largest absolute Gasteiger partial charge is 0.392 e. The maximum absolute atomic E-state index is 11.9. The van der Waals surface area contributed by atoms with Crippen molar-refractivity contribution in [3.63, 3.8) is 0 Å². The molecule has 1 aromatic heterocycles. The van der Waals surface area contributed by atoms with E-state index in [0.717, 1.165) is 5.69 Å². The Morgan fingerprint density at radius 1 is 1.50 bits per heavy atom. The van der Waals surface area contributed by atoms with E-state index in [1.54, 1.807) is 13.0 Å². The van der Waals surface area contributed by atoms with Crippen molar-refractivity contribution >= 4 is 17.5 Å². The van der Waals surface area contributed by atoms with Gasteiger partial charge in [-0.05, 0) is 19.1 Å². The van der Waals surface area contributed by atoms with Gasteiger partial charge >= 0.3 is 0 Å². The third kappa shape index (κ3) is 4.27. The van der Waals surface area contributed by atoms with E-state index in [1.165, 1.54) is 6.07 Å². The van der Waals surface area contributed by atoms with Crippen molar-refractivity contribution in [2.75, 3.05) is 6.54 Å². The summed E-state index contributed by atoms with van der Waals surface area (Å²) in [5.74, 6) is -0.259. The number of aliphatic hydroxyl groups excluding tert-OH is 1. The minimum atomic E-state index is -0.576. The summed E-state index contributed by atoms with van der Waals surface area (Å²) < 4.78 is 0. The van der Waals surface area contributed by atoms with Crippen molar-refractivity contribution in [3.05, 3.63) is 28.5 Å². The molecular weight excluding hydrogens is 252 g/mol. The number of aliphatic hydroxyl groups is 1. The Hall–Kier alpha value is -1.13. The zero-order chi connectivity index (χ0) is 13.9. The molecule has 1 rings (SSSR count). The molecular formula is C13H19ClN2O2. The molecule has 0 fully saturated rings. The highest BCUT2D eigenvalue weighted by molar-refractivity contribution is 6.29. The minimum absolute atomic E-state index is 0.176. The average Bonchev–Trinajstić information content (AvgIpc) is 2.23. The third-order valence-electron chi connectivity index (χ3n) is 2.38. The fourth-order valence-electron chi connectivity index (χ4n) is 1.35. The highest BCUT2D eigenvalue weighted by Crippen LogP contribution is 2.23. The monoisotopic (exact) mass is 270 g/mol. The fraction of sp³-hybridized carbons (Fsp3) is 0.538. The number of rotatable bonds is 3. The van der Waals surface area contributed by atoms with Crippen LogP contribution in [0.15, 0.2) is 12.1 Å². The molecule has 1 atom stereocenters. The van der Waals surface area contributed by atoms with Crippen LogP contribution < -0.4 is 5.32 Å². The number of carbonyl (C=O) groups is 1. The van der Waals surface area contributed by atoms with Crippen LogP contribution in [0.2, 0.25) is 5.15 Å². The first-order valence-electron chi connectivity index (χ1n) is 5.84. The Balaban J connectivity index is 2.96. The van der Waals surface area contributed by atoms with Gasteiger partial charge in [0.15, 0.2) is 0 Å². The highest BCUT2D eigenvalue weighted by Gasteiger charge is 2.18. The van der Waals surface area contributed by atoms with Gasteiger partial charge in [0, 0.05) is 23.2 Å². The minimum Gasteiger partial charge on any atom is -0.392 e. The molecule has 0 bridgehead atoms. The summed E-state index contributed by atoms with van der Waals surface area (Å²) in [6.45, 7) is 7.83. The van der Waals surface area contributed by atoms with Crippen LogP contribution in [0.3, 0.4) is 0 Å². The first kappa shape index (κ1) is 14.9. The molecule has 1 amide bonds. The zero-order valence-corrected chi connectivity index (χ0v) is 11.9. The molecule has 0 saturated heterocycles. The van der Waals surface area contributed by atoms with Crippen molar-refractivity contribution in [1.82, 2.24) is 10.3 Å². The molecule has 0 aliphatic carbocycles. The standard InChI is InChI=1S/C13H19ClN2O2/c1-8(17)7-15-12(18)9-5-10(13(2,3)4)16-11(14)6-9/h5-6,8,17H,7H2,1-4H3,(H,15,18)/t8-/m1/s1. The molecule has 0 unspecified atom stereocenters. The number of carbonyl (C=O) groups excluding carboxylic acids is 1. The van der Waals surface area contributed by atoms with E-state index in [1.807, 2.05) is 20.8 Å². The van der Waals surface area contributed by atoms with Crippen LogP contribution >= 0.6 is 11.6 Å². The molecule has 5 heteroatoms. The van der Waals surface area contributed by atoms with Gasteiger partial charge in [-0.15, -0.1) is 0 Å². The quantitative estimate of drug-likeness (QED) is 0.828. The predicted octanol–water partition coefficient (Wildman–Crippen LogP) is 2.14. The van der Waals surface area contributed by atoms with E-state index in [9.17, 15) is 4.79 Å². The lowest BCUT2D eigenvalue weighted by Crippen LogP contribution is -2.31. The third-order valence-corrected chi connectivity index (χ3v) is 2.58. The number of nitrogens with one attached hydrogen (secondary N) is 1. The first-order valence-corrected chi connectivity index (χ1v) is 6.22. The second kappa shape index (κ2) is 5.67. The molecule has 4 nitrogen and oxygen atoms in total. The van der Waals surface area contributed by atoms with E-state index in [0.29, 0.717) is 10.7 Å². The molecule has 1 heterocycles. The highest BCUT2D eigenvalue weighted by atomic mass is 35.5. The summed E-state index contributed by atoms with van der Waals surface area (Å²) in [4.78, 5) is 16.1. The molecule has 18 heavy (non-hydrogen) atoms. The number of amides is 1. The molecule has 100 valence electrons. The lowest BCUT2D eigenvalue weighted by atomic mass is 9.91. The van der Waals surface area contributed by atoms with Crippen LogP contribution in [-0.2, 0) is 5.41 Å². The molecule has 0 aliphatic rings. The van der Waals surface area contributed by atoms with E-state index in [4.69, 9.17) is 16.7 Å². The van der Waals surface area contributed by atoms with Crippen molar-refractivity contribution in [2.45, 2.75) is 39.2 Å². The summed E-state index contributed by atoms with van der Waals surface area (Å²) in [6.07, 6.45) is -0.576. The van der Waals surface area contributed by atoms with E-state index in [-0.39, 0.29) is 17.9 Å². The number of nitrogens with zero attached hydrogens (tertiary/aromatic N) is 1. The zero-order valence-electron chi connectivity index (χ0n) is 11.1. The Morgan fingerprint density at radius 2 is 2.11 bits per heavy atom. The lowest BCUT2D eigenvalue weighted by Gasteiger charge is -2.18. The van der Waals surface area contributed by atoms with Crippen LogP contribution in [0.25, 0.3) is 0 Å². The first-order chi connectivity index (χ1) is 8.20. The molecule has 0 aromatic carbocycles. The van der Waals surface area contributed by atoms with Gasteiger partial charge in [-0.25, -0.2) is 4.98 Å². The summed E-state index contributed by atoms with van der Waals surface area (Å²) in [7, 11) is 0. The van der Waals surface area contributed by atoms with Crippen molar-refractivity contribution < 1.29 is 9.90 Å². The lowest BCUT2D eigenvalue weighted by molar-refractivity contribution is 0.0923. The van der Waals surface area contributed by atoms with Crippen LogP contribution in [0.5, 0.6) is 0 Å². The Kier molecular flexibility index (Phi) is 4.71. The summed E-state index contributed by atoms with van der Waals surface area (Å²) in [5, 5.41) is 12.1. The normalized spacial score (nSPS) is 13.2. The van der Waals surface area contributed by atoms with Crippen LogP contribution in [0.4, 0.5) is 0 Å². The molecule has 1 aromatic rings. The summed E-state index contributed by atoms with van der Waals surface area (Å²) >= 11 is 5.92. The van der Waals surface area contributed by atoms with Gasteiger partial charge < -0.3 is 10.4 Å². The van der Waals surface area contributed by atoms with Crippen LogP contribution in [0.1, 0.15) is 43.7 Å². The fourth-order valence-corrected chi connectivity index (χ4v) is 1.56. The van der Waals surface area contributed by atoms with Gasteiger partial charge in [-0.1, -0.05) is 32.4 Å². The van der Waals surface area contributed by atoms with Crippen LogP contribution in [-0.4, -0.2) is 28.6 Å². The van der Waals surface area contributed by atoms with Gasteiger partial charge in [0.05, 0.1) is 6.10 Å². The summed E-state index contributed by atoms with van der Waals surface area (Å²) in [5.41, 5.74) is 1.04. The molecule has 0 aliphatic heterocycles. The topological polar surface area (TPSA) is 62.2 Å². The second-order valence-corrected chi connectivity index (χ2v) is 5.76. The number of hydrogen-bond donors (Lipinski definition) is 2. The van der Waals surface area contributed by atoms with Gasteiger partial charge in [0.2, 0.25) is 0 Å². The second-order valence-electron chi connectivity index (χ2n) is 5.37. The number of halogens is 1. The predicted molar refractivity (Wildman–Crippen MR) is 72.0 cm³/mol. The van der Waals surface area contributed by atoms with Crippen molar-refractivity contribution in [3.8, 4) is 0 Å². The van der Waals surface area contributed by atoms with E-state index < -0.39 is 6.10 Å². The molecule has 0 radical (unpaired) electrons. The van der Waals surface area contributed by atoms with Gasteiger partial charge in [-0.3, -0.25) is 4.79 Å². The van der Waals surface area contributed by atoms with Gasteiger partial charge in [0.1, 0.15) is 5.15 Å². The maximum atomic E-state index is 11.9. The summed E-state index contributed by atoms with van der Waals surface area (Å²) in [6, 6.07) is 3.25. The number of pyridine rings is 1. The average molecular weight is 271 g/mol. The van der Waals surface area contributed by atoms with Gasteiger partial charge in [-0.2, -0.15) is 0 Å². The van der Waals surface area contributed by atoms with Gasteiger partial charge in [0.25, 0.3) is 5.91 Å². The smallest absolute Gasteiger partial charge is 0.251 e. The SMILES string of the molecule is C[C@@H](O)CNC(=O)c1cc(Cl)nc(C(C)(C)C)c1. The van der Waals surface area contributed by atoms with Crippen LogP contribution in [0, 0.1) is 0 Å². The Labute approximate surface area is 112 Å². The number of hydrogen-bond acceptors (Lipinski definition) is 3. The Morgan fingerprint density at radius 3 is 2.61 bits per heavy atom. The van der Waals surface area contributed by atoms with E-state index in [2.05, 4.69) is 10.3 Å². The molecule has 2 N–H and O–H groups in total. The van der Waals surface area contributed by atoms with Crippen molar-refractivity contribution in [2.24, 2.45) is 0 Å².